The van der Waals surface area contributed by atoms with Crippen LogP contribution in [0.4, 0.5) is 4.39 Å². The third kappa shape index (κ3) is 1.80. The molecule has 2 nitrogen and oxygen atoms in total. The van der Waals surface area contributed by atoms with Crippen molar-refractivity contribution in [2.24, 2.45) is 0 Å². The third-order valence-corrected chi connectivity index (χ3v) is 2.07. The van der Waals surface area contributed by atoms with E-state index in [4.69, 9.17) is 5.26 Å². The SMILES string of the molecule is CCc1cc(F)c(C(C)=O)cc1C#N. The Morgan fingerprint density at radius 1 is 1.57 bits per heavy atom. The van der Waals surface area contributed by atoms with E-state index in [1.807, 2.05) is 13.0 Å². The summed E-state index contributed by atoms with van der Waals surface area (Å²) in [5.41, 5.74) is 0.993. The quantitative estimate of drug-likeness (QED) is 0.674. The van der Waals surface area contributed by atoms with E-state index < -0.39 is 5.82 Å². The van der Waals surface area contributed by atoms with E-state index in [-0.39, 0.29) is 11.3 Å². The fourth-order valence-electron chi connectivity index (χ4n) is 1.28. The number of carbonyl (C=O) groups is 1. The molecule has 0 spiro atoms. The van der Waals surface area contributed by atoms with E-state index in [1.165, 1.54) is 19.1 Å². The summed E-state index contributed by atoms with van der Waals surface area (Å²) in [7, 11) is 0. The summed E-state index contributed by atoms with van der Waals surface area (Å²) in [5.74, 6) is -0.907. The molecule has 0 saturated carbocycles. The molecule has 0 heterocycles. The van der Waals surface area contributed by atoms with Crippen molar-refractivity contribution in [2.45, 2.75) is 20.3 Å². The first-order valence-corrected chi connectivity index (χ1v) is 4.33. The lowest BCUT2D eigenvalue weighted by molar-refractivity contribution is 0.101. The maximum Gasteiger partial charge on any atom is 0.162 e. The van der Waals surface area contributed by atoms with Gasteiger partial charge in [-0.25, -0.2) is 4.39 Å². The standard InChI is InChI=1S/C11H10FNO/c1-3-8-5-11(12)10(7(2)14)4-9(8)6-13/h4-5H,3H2,1-2H3. The van der Waals surface area contributed by atoms with Crippen LogP contribution in [0.5, 0.6) is 0 Å². The van der Waals surface area contributed by atoms with E-state index >= 15 is 0 Å². The van der Waals surface area contributed by atoms with Gasteiger partial charge in [-0.2, -0.15) is 5.26 Å². The number of benzene rings is 1. The first kappa shape index (κ1) is 10.4. The van der Waals surface area contributed by atoms with Crippen molar-refractivity contribution in [1.29, 1.82) is 5.26 Å². The summed E-state index contributed by atoms with van der Waals surface area (Å²) < 4.78 is 13.3. The molecule has 0 saturated heterocycles. The predicted molar refractivity (Wildman–Crippen MR) is 50.5 cm³/mol. The Morgan fingerprint density at radius 3 is 2.64 bits per heavy atom. The molecular formula is C11H10FNO. The minimum absolute atomic E-state index is 0.0150. The predicted octanol–water partition coefficient (Wildman–Crippen LogP) is 2.46. The van der Waals surface area contributed by atoms with Crippen LogP contribution in [0, 0.1) is 17.1 Å². The number of nitriles is 1. The van der Waals surface area contributed by atoms with Gasteiger partial charge in [-0.15, -0.1) is 0 Å². The second-order valence-corrected chi connectivity index (χ2v) is 3.01. The molecular weight excluding hydrogens is 181 g/mol. The molecule has 3 heteroatoms. The molecule has 1 aromatic rings. The van der Waals surface area contributed by atoms with Crippen molar-refractivity contribution in [3.63, 3.8) is 0 Å². The number of hydrogen-bond acceptors (Lipinski definition) is 2. The molecule has 14 heavy (non-hydrogen) atoms. The molecule has 0 fully saturated rings. The first-order chi connectivity index (χ1) is 6.60. The number of carbonyl (C=O) groups excluding carboxylic acids is 1. The van der Waals surface area contributed by atoms with Crippen LogP contribution in [0.3, 0.4) is 0 Å². The van der Waals surface area contributed by atoms with E-state index in [9.17, 15) is 9.18 Å². The van der Waals surface area contributed by atoms with Crippen LogP contribution in [-0.2, 0) is 6.42 Å². The molecule has 0 bridgehead atoms. The van der Waals surface area contributed by atoms with Crippen LogP contribution in [-0.4, -0.2) is 5.78 Å². The van der Waals surface area contributed by atoms with Crippen molar-refractivity contribution in [3.8, 4) is 6.07 Å². The highest BCUT2D eigenvalue weighted by Crippen LogP contribution is 2.16. The number of halogens is 1. The Kier molecular flexibility index (Phi) is 2.98. The summed E-state index contributed by atoms with van der Waals surface area (Å²) >= 11 is 0. The molecule has 0 aliphatic heterocycles. The van der Waals surface area contributed by atoms with Crippen LogP contribution in [0.15, 0.2) is 12.1 Å². The minimum atomic E-state index is -0.548. The number of ketones is 1. The van der Waals surface area contributed by atoms with Gasteiger partial charge in [0.2, 0.25) is 0 Å². The van der Waals surface area contributed by atoms with Crippen LogP contribution < -0.4 is 0 Å². The Labute approximate surface area is 82.0 Å². The van der Waals surface area contributed by atoms with E-state index in [1.54, 1.807) is 0 Å². The molecule has 0 aromatic heterocycles. The number of rotatable bonds is 2. The summed E-state index contributed by atoms with van der Waals surface area (Å²) in [6.07, 6.45) is 0.581. The third-order valence-electron chi connectivity index (χ3n) is 2.07. The average molecular weight is 191 g/mol. The molecule has 0 atom stereocenters. The molecule has 0 radical (unpaired) electrons. The molecule has 1 rings (SSSR count). The lowest BCUT2D eigenvalue weighted by Gasteiger charge is -2.04. The molecule has 0 unspecified atom stereocenters. The zero-order valence-electron chi connectivity index (χ0n) is 8.10. The molecule has 0 aliphatic carbocycles. The normalized spacial score (nSPS) is 9.57. The topological polar surface area (TPSA) is 40.9 Å². The summed E-state index contributed by atoms with van der Waals surface area (Å²) in [5, 5.41) is 8.76. The molecule has 0 aliphatic rings. The zero-order valence-corrected chi connectivity index (χ0v) is 8.10. The lowest BCUT2D eigenvalue weighted by Crippen LogP contribution is -2.00. The second kappa shape index (κ2) is 4.01. The lowest BCUT2D eigenvalue weighted by atomic mass is 10.0. The highest BCUT2D eigenvalue weighted by atomic mass is 19.1. The van der Waals surface area contributed by atoms with Crippen LogP contribution in [0.2, 0.25) is 0 Å². The van der Waals surface area contributed by atoms with Crippen LogP contribution in [0.25, 0.3) is 0 Å². The van der Waals surface area contributed by atoms with E-state index in [0.29, 0.717) is 17.5 Å². The Morgan fingerprint density at radius 2 is 2.21 bits per heavy atom. The fraction of sp³-hybridized carbons (Fsp3) is 0.273. The van der Waals surface area contributed by atoms with Crippen molar-refractivity contribution in [3.05, 3.63) is 34.6 Å². The molecule has 72 valence electrons. The van der Waals surface area contributed by atoms with Gasteiger partial charge in [-0.05, 0) is 31.0 Å². The van der Waals surface area contributed by atoms with Crippen molar-refractivity contribution >= 4 is 5.78 Å². The van der Waals surface area contributed by atoms with Crippen molar-refractivity contribution in [2.75, 3.05) is 0 Å². The maximum atomic E-state index is 13.3. The number of hydrogen-bond donors (Lipinski definition) is 0. The van der Waals surface area contributed by atoms with Crippen molar-refractivity contribution < 1.29 is 9.18 Å². The van der Waals surface area contributed by atoms with Gasteiger partial charge in [-0.3, -0.25) is 4.79 Å². The average Bonchev–Trinajstić information content (AvgIpc) is 2.16. The van der Waals surface area contributed by atoms with Crippen molar-refractivity contribution in [1.82, 2.24) is 0 Å². The highest BCUT2D eigenvalue weighted by molar-refractivity contribution is 5.94. The van der Waals surface area contributed by atoms with Crippen LogP contribution in [0.1, 0.15) is 35.3 Å². The van der Waals surface area contributed by atoms with Gasteiger partial charge in [0, 0.05) is 0 Å². The van der Waals surface area contributed by atoms with Gasteiger partial charge in [-0.1, -0.05) is 6.92 Å². The molecule has 1 aromatic carbocycles. The number of Topliss-reactive ketones (excluding diaryl/α,β-unsaturated/α-hetero) is 1. The Hall–Kier alpha value is -1.69. The minimum Gasteiger partial charge on any atom is -0.294 e. The molecule has 0 N–H and O–H groups in total. The van der Waals surface area contributed by atoms with Gasteiger partial charge in [0.15, 0.2) is 5.78 Å². The van der Waals surface area contributed by atoms with Crippen LogP contribution >= 0.6 is 0 Å². The maximum absolute atomic E-state index is 13.3. The fourth-order valence-corrected chi connectivity index (χ4v) is 1.28. The smallest absolute Gasteiger partial charge is 0.162 e. The summed E-state index contributed by atoms with van der Waals surface area (Å²) in [6, 6.07) is 4.53. The van der Waals surface area contributed by atoms with Gasteiger partial charge >= 0.3 is 0 Å². The van der Waals surface area contributed by atoms with Gasteiger partial charge in [0.1, 0.15) is 5.82 Å². The first-order valence-electron chi connectivity index (χ1n) is 4.33. The largest absolute Gasteiger partial charge is 0.294 e. The van der Waals surface area contributed by atoms with E-state index in [2.05, 4.69) is 0 Å². The monoisotopic (exact) mass is 191 g/mol. The van der Waals surface area contributed by atoms with Gasteiger partial charge in [0.25, 0.3) is 0 Å². The van der Waals surface area contributed by atoms with E-state index in [0.717, 1.165) is 0 Å². The number of nitrogens with zero attached hydrogens (tertiary/aromatic N) is 1. The highest BCUT2D eigenvalue weighted by Gasteiger charge is 2.11. The van der Waals surface area contributed by atoms with Gasteiger partial charge in [0.05, 0.1) is 17.2 Å². The Balaban J connectivity index is 3.40. The van der Waals surface area contributed by atoms with Gasteiger partial charge < -0.3 is 0 Å². The Bertz CT molecular complexity index is 418. The summed E-state index contributed by atoms with van der Waals surface area (Å²) in [4.78, 5) is 11.0. The number of aryl methyl sites for hydroxylation is 1. The molecule has 0 amide bonds. The zero-order chi connectivity index (χ0) is 10.7. The second-order valence-electron chi connectivity index (χ2n) is 3.01. The summed E-state index contributed by atoms with van der Waals surface area (Å²) in [6.45, 7) is 3.12.